The number of aromatic nitrogens is 2. The van der Waals surface area contributed by atoms with E-state index in [9.17, 15) is 8.42 Å². The summed E-state index contributed by atoms with van der Waals surface area (Å²) in [7, 11) is -1.95. The van der Waals surface area contributed by atoms with Crippen LogP contribution in [0.25, 0.3) is 0 Å². The van der Waals surface area contributed by atoms with Crippen LogP contribution in [-0.2, 0) is 28.5 Å². The maximum atomic E-state index is 12.9. The molecule has 0 amide bonds. The summed E-state index contributed by atoms with van der Waals surface area (Å²) >= 11 is 0. The van der Waals surface area contributed by atoms with Gasteiger partial charge in [-0.3, -0.25) is 4.68 Å². The minimum Gasteiger partial charge on any atom is -0.265 e. The Labute approximate surface area is 157 Å². The van der Waals surface area contributed by atoms with Gasteiger partial charge in [0.15, 0.2) is 0 Å². The summed E-state index contributed by atoms with van der Waals surface area (Å²) < 4.78 is 29.1. The van der Waals surface area contributed by atoms with Crippen LogP contribution in [0.5, 0.6) is 0 Å². The van der Waals surface area contributed by atoms with Crippen LogP contribution in [0.1, 0.15) is 43.3 Å². The first-order valence-electron chi connectivity index (χ1n) is 8.69. The summed E-state index contributed by atoms with van der Waals surface area (Å²) in [5.74, 6) is 0. The molecule has 0 aliphatic rings. The van der Waals surface area contributed by atoms with Crippen molar-refractivity contribution in [1.82, 2.24) is 14.1 Å². The highest BCUT2D eigenvalue weighted by atomic mass is 32.2. The van der Waals surface area contributed by atoms with E-state index in [-0.39, 0.29) is 12.0 Å². The minimum absolute atomic E-state index is 0.0118. The van der Waals surface area contributed by atoms with E-state index in [0.717, 1.165) is 22.5 Å². The Morgan fingerprint density at radius 1 is 1.19 bits per heavy atom. The number of allylic oxidation sites excluding steroid dienone is 1. The number of aryl methyl sites for hydroxylation is 1. The molecule has 0 fully saturated rings. The molecule has 1 heterocycles. The molecule has 0 saturated heterocycles. The number of rotatable bonds is 6. The van der Waals surface area contributed by atoms with Crippen molar-refractivity contribution in [3.8, 4) is 0 Å². The molecule has 26 heavy (non-hydrogen) atoms. The van der Waals surface area contributed by atoms with Crippen molar-refractivity contribution >= 4 is 10.0 Å². The molecule has 1 aromatic carbocycles. The Kier molecular flexibility index (Phi) is 5.78. The Balaban J connectivity index is 2.28. The Bertz CT molecular complexity index is 888. The fourth-order valence-electron chi connectivity index (χ4n) is 2.88. The Morgan fingerprint density at radius 2 is 1.77 bits per heavy atom. The molecule has 0 unspecified atom stereocenters. The predicted octanol–water partition coefficient (Wildman–Crippen LogP) is 3.80. The topological polar surface area (TPSA) is 55.2 Å². The number of benzene rings is 1. The normalized spacial score (nSPS) is 12.6. The van der Waals surface area contributed by atoms with Crippen molar-refractivity contribution in [3.63, 3.8) is 0 Å². The van der Waals surface area contributed by atoms with Gasteiger partial charge in [0.1, 0.15) is 0 Å². The first-order chi connectivity index (χ1) is 12.0. The molecular formula is C20H29N3O2S. The van der Waals surface area contributed by atoms with Gasteiger partial charge in [-0.1, -0.05) is 39.0 Å². The van der Waals surface area contributed by atoms with Gasteiger partial charge < -0.3 is 0 Å². The van der Waals surface area contributed by atoms with Crippen molar-refractivity contribution in [3.05, 3.63) is 59.4 Å². The van der Waals surface area contributed by atoms with E-state index in [1.54, 1.807) is 25.3 Å². The lowest BCUT2D eigenvalue weighted by Gasteiger charge is -2.21. The molecule has 5 nitrogen and oxygen atoms in total. The lowest BCUT2D eigenvalue weighted by atomic mass is 9.87. The highest BCUT2D eigenvalue weighted by Gasteiger charge is 2.24. The van der Waals surface area contributed by atoms with E-state index in [0.29, 0.717) is 11.4 Å². The summed E-state index contributed by atoms with van der Waals surface area (Å²) in [4.78, 5) is 0.307. The molecule has 0 spiro atoms. The van der Waals surface area contributed by atoms with Gasteiger partial charge in [-0.15, -0.1) is 6.58 Å². The molecule has 1 aromatic heterocycles. The van der Waals surface area contributed by atoms with Crippen LogP contribution >= 0.6 is 0 Å². The van der Waals surface area contributed by atoms with Crippen molar-refractivity contribution in [2.75, 3.05) is 7.05 Å². The number of nitrogens with zero attached hydrogens (tertiary/aromatic N) is 3. The van der Waals surface area contributed by atoms with Crippen molar-refractivity contribution in [2.45, 2.75) is 58.0 Å². The molecular weight excluding hydrogens is 346 g/mol. The summed E-state index contributed by atoms with van der Waals surface area (Å²) in [5.41, 5.74) is 3.84. The van der Waals surface area contributed by atoms with Gasteiger partial charge in [0.2, 0.25) is 10.0 Å². The van der Waals surface area contributed by atoms with Crippen molar-refractivity contribution < 1.29 is 8.42 Å². The molecule has 0 radical (unpaired) electrons. The molecule has 0 aliphatic carbocycles. The fourth-order valence-corrected chi connectivity index (χ4v) is 4.02. The third-order valence-electron chi connectivity index (χ3n) is 4.64. The monoisotopic (exact) mass is 375 g/mol. The molecule has 2 rings (SSSR count). The molecule has 0 bridgehead atoms. The molecule has 6 heteroatoms. The van der Waals surface area contributed by atoms with Crippen molar-refractivity contribution in [2.24, 2.45) is 0 Å². The van der Waals surface area contributed by atoms with Gasteiger partial charge in [-0.2, -0.15) is 9.40 Å². The fraction of sp³-hybridized carbons (Fsp3) is 0.450. The van der Waals surface area contributed by atoms with Crippen LogP contribution in [0.15, 0.2) is 41.8 Å². The summed E-state index contributed by atoms with van der Waals surface area (Å²) in [5, 5.41) is 4.47. The number of sulfonamides is 1. The molecule has 0 saturated carbocycles. The van der Waals surface area contributed by atoms with E-state index in [1.165, 1.54) is 4.31 Å². The maximum absolute atomic E-state index is 12.9. The zero-order valence-electron chi connectivity index (χ0n) is 16.6. The van der Waals surface area contributed by atoms with Crippen LogP contribution in [-0.4, -0.2) is 29.6 Å². The smallest absolute Gasteiger partial charge is 0.243 e. The van der Waals surface area contributed by atoms with E-state index < -0.39 is 10.0 Å². The molecule has 0 N–H and O–H groups in total. The third-order valence-corrected chi connectivity index (χ3v) is 6.46. The van der Waals surface area contributed by atoms with Crippen LogP contribution in [0.2, 0.25) is 0 Å². The van der Waals surface area contributed by atoms with Gasteiger partial charge >= 0.3 is 0 Å². The second-order valence-electron chi connectivity index (χ2n) is 7.66. The Hall–Kier alpha value is -1.92. The average molecular weight is 376 g/mol. The standard InChI is InChI=1S/C20H29N3O2S/c1-8-13-23-16(3)19(15(2)21-23)14-22(7)26(24,25)18-11-9-17(10-12-18)20(4,5)6/h8-12H,1,13-14H2,2-7H3. The second-order valence-corrected chi connectivity index (χ2v) is 9.70. The zero-order chi connectivity index (χ0) is 19.7. The van der Waals surface area contributed by atoms with Gasteiger partial charge in [0, 0.05) is 24.8 Å². The van der Waals surface area contributed by atoms with Gasteiger partial charge in [0.25, 0.3) is 0 Å². The minimum atomic E-state index is -3.56. The first kappa shape index (κ1) is 20.4. The average Bonchev–Trinajstić information content (AvgIpc) is 2.82. The predicted molar refractivity (Wildman–Crippen MR) is 106 cm³/mol. The van der Waals surface area contributed by atoms with Crippen LogP contribution in [0.3, 0.4) is 0 Å². The maximum Gasteiger partial charge on any atom is 0.243 e. The van der Waals surface area contributed by atoms with Crippen LogP contribution in [0, 0.1) is 13.8 Å². The largest absolute Gasteiger partial charge is 0.265 e. The van der Waals surface area contributed by atoms with Crippen LogP contribution < -0.4 is 0 Å². The van der Waals surface area contributed by atoms with Gasteiger partial charge in [-0.25, -0.2) is 8.42 Å². The zero-order valence-corrected chi connectivity index (χ0v) is 17.4. The lowest BCUT2D eigenvalue weighted by Crippen LogP contribution is -2.27. The lowest BCUT2D eigenvalue weighted by molar-refractivity contribution is 0.464. The number of hydrogen-bond donors (Lipinski definition) is 0. The van der Waals surface area contributed by atoms with Gasteiger partial charge in [-0.05, 0) is 37.0 Å². The highest BCUT2D eigenvalue weighted by Crippen LogP contribution is 2.25. The third kappa shape index (κ3) is 4.07. The van der Waals surface area contributed by atoms with E-state index >= 15 is 0 Å². The second kappa shape index (κ2) is 7.37. The number of hydrogen-bond acceptors (Lipinski definition) is 3. The quantitative estimate of drug-likeness (QED) is 0.722. The SMILES string of the molecule is C=CCn1nc(C)c(CN(C)S(=O)(=O)c2ccc(C(C)(C)C)cc2)c1C. The Morgan fingerprint density at radius 3 is 2.27 bits per heavy atom. The summed E-state index contributed by atoms with van der Waals surface area (Å²) in [6.45, 7) is 14.8. The molecule has 142 valence electrons. The first-order valence-corrected chi connectivity index (χ1v) is 10.1. The van der Waals surface area contributed by atoms with E-state index in [1.807, 2.05) is 30.7 Å². The summed E-state index contributed by atoms with van der Waals surface area (Å²) in [6, 6.07) is 7.15. The molecule has 2 aromatic rings. The van der Waals surface area contributed by atoms with E-state index in [2.05, 4.69) is 32.4 Å². The van der Waals surface area contributed by atoms with E-state index in [4.69, 9.17) is 0 Å². The molecule has 0 atom stereocenters. The summed E-state index contributed by atoms with van der Waals surface area (Å²) in [6.07, 6.45) is 1.78. The van der Waals surface area contributed by atoms with Gasteiger partial charge in [0.05, 0.1) is 17.1 Å². The molecule has 0 aliphatic heterocycles. The van der Waals surface area contributed by atoms with Crippen molar-refractivity contribution in [1.29, 1.82) is 0 Å². The highest BCUT2D eigenvalue weighted by molar-refractivity contribution is 7.89. The van der Waals surface area contributed by atoms with Crippen LogP contribution in [0.4, 0.5) is 0 Å².